The second-order valence-electron chi connectivity index (χ2n) is 14.3. The second kappa shape index (κ2) is 13.5. The number of rotatable bonds is 7. The van der Waals surface area contributed by atoms with Gasteiger partial charge >= 0.3 is 0 Å². The standard InChI is InChI=1S/C48H44N2/c1-5-13-35(14-6-1)36-21-23-37(24-22-36)38-25-27-39(28-26-38)40-29-32-47-46(33-40)45-31-30-44(34-48(45)50(47)43-19-11-4-12-20-43)49(41-15-7-2-8-16-41)42-17-9-3-10-18-42/h1-13,15-21,25-28,30-32,34-35,37,40,46H,14,22-24,29,33H2. The molecule has 2 nitrogen and oxygen atoms in total. The first kappa shape index (κ1) is 30.7. The molecule has 5 aromatic rings. The Hall–Kier alpha value is -5.34. The number of benzene rings is 5. The first-order chi connectivity index (χ1) is 24.8. The van der Waals surface area contributed by atoms with Gasteiger partial charge in [0.1, 0.15) is 0 Å². The topological polar surface area (TPSA) is 6.48 Å². The van der Waals surface area contributed by atoms with Gasteiger partial charge in [-0.1, -0.05) is 127 Å². The van der Waals surface area contributed by atoms with Gasteiger partial charge in [0.15, 0.2) is 0 Å². The number of para-hydroxylation sites is 3. The predicted octanol–water partition coefficient (Wildman–Crippen LogP) is 13.2. The van der Waals surface area contributed by atoms with Crippen molar-refractivity contribution in [1.29, 1.82) is 0 Å². The summed E-state index contributed by atoms with van der Waals surface area (Å²) in [5, 5.41) is 0. The Balaban J connectivity index is 1.00. The summed E-state index contributed by atoms with van der Waals surface area (Å²) in [5.41, 5.74) is 13.5. The lowest BCUT2D eigenvalue weighted by molar-refractivity contribution is 0.549. The molecule has 1 heterocycles. The van der Waals surface area contributed by atoms with Crippen LogP contribution in [0, 0.1) is 5.92 Å². The number of nitrogens with zero attached hydrogens (tertiary/aromatic N) is 2. The molecule has 0 saturated heterocycles. The third-order valence-corrected chi connectivity index (χ3v) is 11.5. The number of anilines is 5. The summed E-state index contributed by atoms with van der Waals surface area (Å²) in [6.45, 7) is 0. The Kier molecular flexibility index (Phi) is 8.30. The maximum Gasteiger partial charge on any atom is 0.0518 e. The van der Waals surface area contributed by atoms with Gasteiger partial charge in [-0.15, -0.1) is 0 Å². The minimum Gasteiger partial charge on any atom is -0.314 e. The molecule has 3 aliphatic carbocycles. The highest BCUT2D eigenvalue weighted by Gasteiger charge is 2.39. The summed E-state index contributed by atoms with van der Waals surface area (Å²) >= 11 is 0. The van der Waals surface area contributed by atoms with E-state index >= 15 is 0 Å². The van der Waals surface area contributed by atoms with E-state index in [0.29, 0.717) is 23.7 Å². The number of hydrogen-bond acceptors (Lipinski definition) is 2. The third kappa shape index (κ3) is 5.83. The largest absolute Gasteiger partial charge is 0.314 e. The zero-order valence-corrected chi connectivity index (χ0v) is 28.6. The summed E-state index contributed by atoms with van der Waals surface area (Å²) in [6, 6.07) is 49.3. The molecule has 0 bridgehead atoms. The van der Waals surface area contributed by atoms with Gasteiger partial charge in [0, 0.05) is 40.3 Å². The molecule has 0 radical (unpaired) electrons. The number of allylic oxidation sites excluding steroid dienone is 8. The summed E-state index contributed by atoms with van der Waals surface area (Å²) in [6.07, 6.45) is 21.2. The van der Waals surface area contributed by atoms with Crippen molar-refractivity contribution in [2.45, 2.75) is 56.3 Å². The molecular formula is C48H44N2. The van der Waals surface area contributed by atoms with E-state index in [1.807, 2.05) is 0 Å². The SMILES string of the molecule is C1=CCC(C2=CCC(c3ccc(C4CC=C5C(C4)c4ccc(N(c6ccccc6)c6ccccc6)cc4N5c4ccccc4)cc3)CC2)C=C1. The van der Waals surface area contributed by atoms with Gasteiger partial charge in [0.25, 0.3) is 0 Å². The molecule has 246 valence electrons. The first-order valence-corrected chi connectivity index (χ1v) is 18.5. The maximum absolute atomic E-state index is 2.55. The van der Waals surface area contributed by atoms with Crippen LogP contribution in [0.1, 0.15) is 73.0 Å². The summed E-state index contributed by atoms with van der Waals surface area (Å²) in [7, 11) is 0. The average Bonchev–Trinajstić information content (AvgIpc) is 3.53. The fraction of sp³-hybridized carbons (Fsp3) is 0.208. The van der Waals surface area contributed by atoms with Crippen molar-refractivity contribution in [1.82, 2.24) is 0 Å². The lowest BCUT2D eigenvalue weighted by Crippen LogP contribution is -2.19. The van der Waals surface area contributed by atoms with Gasteiger partial charge in [0.2, 0.25) is 0 Å². The van der Waals surface area contributed by atoms with Crippen molar-refractivity contribution in [3.63, 3.8) is 0 Å². The summed E-state index contributed by atoms with van der Waals surface area (Å²) in [5.74, 6) is 2.13. The van der Waals surface area contributed by atoms with Crippen LogP contribution < -0.4 is 9.80 Å². The monoisotopic (exact) mass is 648 g/mol. The van der Waals surface area contributed by atoms with E-state index in [0.717, 1.165) is 30.6 Å². The molecule has 0 amide bonds. The maximum atomic E-state index is 2.55. The van der Waals surface area contributed by atoms with Crippen LogP contribution in [0.3, 0.4) is 0 Å². The molecule has 0 aromatic heterocycles. The van der Waals surface area contributed by atoms with E-state index in [9.17, 15) is 0 Å². The highest BCUT2D eigenvalue weighted by molar-refractivity contribution is 5.85. The average molecular weight is 649 g/mol. The predicted molar refractivity (Wildman–Crippen MR) is 210 cm³/mol. The summed E-state index contributed by atoms with van der Waals surface area (Å²) < 4.78 is 0. The number of fused-ring (bicyclic) bond motifs is 3. The quantitative estimate of drug-likeness (QED) is 0.162. The molecule has 0 spiro atoms. The zero-order chi connectivity index (χ0) is 33.3. The lowest BCUT2D eigenvalue weighted by atomic mass is 9.77. The van der Waals surface area contributed by atoms with Crippen molar-refractivity contribution in [2.24, 2.45) is 5.92 Å². The van der Waals surface area contributed by atoms with Gasteiger partial charge in [-0.2, -0.15) is 0 Å². The van der Waals surface area contributed by atoms with Crippen LogP contribution in [0.25, 0.3) is 0 Å². The van der Waals surface area contributed by atoms with Crippen molar-refractivity contribution in [3.8, 4) is 0 Å². The molecule has 0 saturated carbocycles. The Morgan fingerprint density at radius 1 is 0.580 bits per heavy atom. The van der Waals surface area contributed by atoms with Crippen molar-refractivity contribution < 1.29 is 0 Å². The molecule has 0 N–H and O–H groups in total. The molecule has 2 heteroatoms. The van der Waals surface area contributed by atoms with Crippen molar-refractivity contribution >= 4 is 28.4 Å². The van der Waals surface area contributed by atoms with Crippen LogP contribution in [0.5, 0.6) is 0 Å². The van der Waals surface area contributed by atoms with E-state index < -0.39 is 0 Å². The zero-order valence-electron chi connectivity index (χ0n) is 28.6. The van der Waals surface area contributed by atoms with Crippen LogP contribution >= 0.6 is 0 Å². The van der Waals surface area contributed by atoms with Gasteiger partial charge in [0.05, 0.1) is 5.69 Å². The fourth-order valence-electron chi connectivity index (χ4n) is 8.87. The smallest absolute Gasteiger partial charge is 0.0518 e. The molecule has 9 rings (SSSR count). The molecular weight excluding hydrogens is 605 g/mol. The van der Waals surface area contributed by atoms with Gasteiger partial charge < -0.3 is 9.80 Å². The van der Waals surface area contributed by atoms with Crippen molar-refractivity contribution in [3.05, 3.63) is 198 Å². The van der Waals surface area contributed by atoms with Crippen LogP contribution in [-0.2, 0) is 0 Å². The van der Waals surface area contributed by atoms with Crippen molar-refractivity contribution in [2.75, 3.05) is 9.80 Å². The Morgan fingerprint density at radius 2 is 1.24 bits per heavy atom. The molecule has 4 aliphatic rings. The van der Waals surface area contributed by atoms with E-state index in [1.165, 1.54) is 58.7 Å². The van der Waals surface area contributed by atoms with E-state index in [4.69, 9.17) is 0 Å². The normalized spacial score (nSPS) is 22.4. The van der Waals surface area contributed by atoms with E-state index in [1.54, 1.807) is 5.57 Å². The molecule has 4 unspecified atom stereocenters. The van der Waals surface area contributed by atoms with Crippen LogP contribution in [0.15, 0.2) is 181 Å². The minimum absolute atomic E-state index is 0.366. The van der Waals surface area contributed by atoms with Crippen LogP contribution in [-0.4, -0.2) is 0 Å². The highest BCUT2D eigenvalue weighted by atomic mass is 15.2. The third-order valence-electron chi connectivity index (χ3n) is 11.5. The highest BCUT2D eigenvalue weighted by Crippen LogP contribution is 2.55. The fourth-order valence-corrected chi connectivity index (χ4v) is 8.87. The number of hydrogen-bond donors (Lipinski definition) is 0. The molecule has 5 aromatic carbocycles. The van der Waals surface area contributed by atoms with Crippen LogP contribution in [0.2, 0.25) is 0 Å². The molecule has 50 heavy (non-hydrogen) atoms. The Labute approximate surface area is 297 Å². The second-order valence-corrected chi connectivity index (χ2v) is 14.3. The lowest BCUT2D eigenvalue weighted by Gasteiger charge is -2.31. The van der Waals surface area contributed by atoms with Gasteiger partial charge in [-0.05, 0) is 116 Å². The first-order valence-electron chi connectivity index (χ1n) is 18.5. The summed E-state index contributed by atoms with van der Waals surface area (Å²) in [4.78, 5) is 4.90. The van der Waals surface area contributed by atoms with E-state index in [2.05, 4.69) is 180 Å². The Morgan fingerprint density at radius 3 is 1.88 bits per heavy atom. The van der Waals surface area contributed by atoms with Gasteiger partial charge in [-0.25, -0.2) is 0 Å². The van der Waals surface area contributed by atoms with Crippen LogP contribution in [0.4, 0.5) is 28.4 Å². The Bertz CT molecular complexity index is 2030. The minimum atomic E-state index is 0.366. The molecule has 0 fully saturated rings. The molecule has 1 aliphatic heterocycles. The van der Waals surface area contributed by atoms with Gasteiger partial charge in [-0.3, -0.25) is 0 Å². The van der Waals surface area contributed by atoms with E-state index in [-0.39, 0.29) is 0 Å². The molecule has 4 atom stereocenters.